The van der Waals surface area contributed by atoms with E-state index in [4.69, 9.17) is 4.74 Å². The van der Waals surface area contributed by atoms with Crippen molar-refractivity contribution in [1.82, 2.24) is 4.90 Å². The summed E-state index contributed by atoms with van der Waals surface area (Å²) in [5.74, 6) is 0.109. The second kappa shape index (κ2) is 7.45. The molecule has 2 aromatic carbocycles. The molecule has 0 saturated carbocycles. The van der Waals surface area contributed by atoms with Crippen molar-refractivity contribution >= 4 is 0 Å². The van der Waals surface area contributed by atoms with Gasteiger partial charge in [0.15, 0.2) is 0 Å². The summed E-state index contributed by atoms with van der Waals surface area (Å²) in [6.45, 7) is 1.99. The van der Waals surface area contributed by atoms with Gasteiger partial charge in [-0.05, 0) is 35.7 Å². The molecule has 1 aliphatic heterocycles. The first-order chi connectivity index (χ1) is 11.9. The average Bonchev–Trinajstić information content (AvgIpc) is 2.59. The lowest BCUT2D eigenvalue weighted by atomic mass is 10.00. The van der Waals surface area contributed by atoms with E-state index in [0.29, 0.717) is 6.54 Å². The number of fused-ring (bicyclic) bond motifs is 1. The molecule has 0 amide bonds. The number of benzene rings is 2. The summed E-state index contributed by atoms with van der Waals surface area (Å²) in [7, 11) is 0. The van der Waals surface area contributed by atoms with Gasteiger partial charge in [0.1, 0.15) is 18.5 Å². The second-order valence-electron chi connectivity index (χ2n) is 6.24. The van der Waals surface area contributed by atoms with Crippen LogP contribution in [0.2, 0.25) is 0 Å². The van der Waals surface area contributed by atoms with Crippen molar-refractivity contribution in [3.05, 3.63) is 65.2 Å². The van der Waals surface area contributed by atoms with Crippen LogP contribution < -0.4 is 4.74 Å². The van der Waals surface area contributed by atoms with Crippen molar-refractivity contribution in [3.63, 3.8) is 0 Å². The predicted octanol–water partition coefficient (Wildman–Crippen LogP) is 3.50. The van der Waals surface area contributed by atoms with E-state index in [9.17, 15) is 18.3 Å². The van der Waals surface area contributed by atoms with Crippen LogP contribution in [0.15, 0.2) is 48.5 Å². The van der Waals surface area contributed by atoms with Gasteiger partial charge in [0, 0.05) is 19.6 Å². The molecule has 1 N–H and O–H groups in total. The van der Waals surface area contributed by atoms with Crippen LogP contribution in [0.5, 0.6) is 5.75 Å². The van der Waals surface area contributed by atoms with E-state index >= 15 is 0 Å². The van der Waals surface area contributed by atoms with Gasteiger partial charge < -0.3 is 9.84 Å². The van der Waals surface area contributed by atoms with Gasteiger partial charge in [0.25, 0.3) is 0 Å². The summed E-state index contributed by atoms with van der Waals surface area (Å²) in [6, 6.07) is 12.9. The molecule has 2 aromatic rings. The van der Waals surface area contributed by atoms with Crippen molar-refractivity contribution in [2.45, 2.75) is 25.2 Å². The number of alkyl halides is 3. The van der Waals surface area contributed by atoms with Crippen LogP contribution in [-0.4, -0.2) is 35.8 Å². The second-order valence-corrected chi connectivity index (χ2v) is 6.24. The number of rotatable bonds is 5. The third kappa shape index (κ3) is 4.74. The van der Waals surface area contributed by atoms with Crippen LogP contribution in [0.25, 0.3) is 0 Å². The molecule has 1 atom stereocenters. The van der Waals surface area contributed by atoms with Gasteiger partial charge in [0.2, 0.25) is 0 Å². The van der Waals surface area contributed by atoms with E-state index in [-0.39, 0.29) is 12.4 Å². The summed E-state index contributed by atoms with van der Waals surface area (Å²) >= 11 is 0. The fourth-order valence-electron chi connectivity index (χ4n) is 3.02. The summed E-state index contributed by atoms with van der Waals surface area (Å²) in [4.78, 5) is 2.13. The zero-order valence-electron chi connectivity index (χ0n) is 13.7. The molecule has 3 rings (SSSR count). The normalized spacial score (nSPS) is 16.3. The zero-order valence-corrected chi connectivity index (χ0v) is 13.7. The standard InChI is InChI=1S/C19H20F3NO2/c20-19(21,22)16-6-3-7-18(10-16)25-13-17(24)12-23-9-8-14-4-1-2-5-15(14)11-23/h1-7,10,17,24H,8-9,11-13H2. The van der Waals surface area contributed by atoms with Gasteiger partial charge in [-0.3, -0.25) is 4.90 Å². The van der Waals surface area contributed by atoms with Gasteiger partial charge in [-0.25, -0.2) is 0 Å². The third-order valence-electron chi connectivity index (χ3n) is 4.28. The first kappa shape index (κ1) is 17.8. The highest BCUT2D eigenvalue weighted by molar-refractivity contribution is 5.30. The van der Waals surface area contributed by atoms with Gasteiger partial charge in [-0.2, -0.15) is 13.2 Å². The zero-order chi connectivity index (χ0) is 17.9. The summed E-state index contributed by atoms with van der Waals surface area (Å²) in [5, 5.41) is 10.2. The Morgan fingerprint density at radius 1 is 1.08 bits per heavy atom. The van der Waals surface area contributed by atoms with Crippen LogP contribution in [0, 0.1) is 0 Å². The average molecular weight is 351 g/mol. The third-order valence-corrected chi connectivity index (χ3v) is 4.28. The minimum Gasteiger partial charge on any atom is -0.491 e. The molecule has 0 fully saturated rings. The number of hydrogen-bond donors (Lipinski definition) is 1. The summed E-state index contributed by atoms with van der Waals surface area (Å²) in [6.07, 6.45) is -4.24. The molecular weight excluding hydrogens is 331 g/mol. The van der Waals surface area contributed by atoms with Gasteiger partial charge in [-0.1, -0.05) is 30.3 Å². The highest BCUT2D eigenvalue weighted by Crippen LogP contribution is 2.31. The molecule has 0 aliphatic carbocycles. The Bertz CT molecular complexity index is 718. The predicted molar refractivity (Wildman–Crippen MR) is 88.4 cm³/mol. The van der Waals surface area contributed by atoms with Crippen LogP contribution in [0.3, 0.4) is 0 Å². The van der Waals surface area contributed by atoms with E-state index in [0.717, 1.165) is 31.6 Å². The first-order valence-electron chi connectivity index (χ1n) is 8.19. The summed E-state index contributed by atoms with van der Waals surface area (Å²) < 4.78 is 43.4. The molecule has 0 bridgehead atoms. The van der Waals surface area contributed by atoms with E-state index in [2.05, 4.69) is 17.0 Å². The van der Waals surface area contributed by atoms with Crippen LogP contribution in [-0.2, 0) is 19.1 Å². The molecule has 1 aliphatic rings. The fraction of sp³-hybridized carbons (Fsp3) is 0.368. The summed E-state index contributed by atoms with van der Waals surface area (Å²) in [5.41, 5.74) is 1.82. The Labute approximate surface area is 144 Å². The highest BCUT2D eigenvalue weighted by Gasteiger charge is 2.30. The lowest BCUT2D eigenvalue weighted by Crippen LogP contribution is -2.38. The maximum absolute atomic E-state index is 12.7. The number of aliphatic hydroxyl groups is 1. The Kier molecular flexibility index (Phi) is 5.30. The van der Waals surface area contributed by atoms with Gasteiger partial charge >= 0.3 is 6.18 Å². The monoisotopic (exact) mass is 351 g/mol. The molecule has 25 heavy (non-hydrogen) atoms. The van der Waals surface area contributed by atoms with Crippen LogP contribution in [0.1, 0.15) is 16.7 Å². The molecule has 0 radical (unpaired) electrons. The molecular formula is C19H20F3NO2. The largest absolute Gasteiger partial charge is 0.491 e. The van der Waals surface area contributed by atoms with Crippen molar-refractivity contribution < 1.29 is 23.0 Å². The molecule has 0 saturated heterocycles. The van der Waals surface area contributed by atoms with Crippen molar-refractivity contribution in [2.24, 2.45) is 0 Å². The number of nitrogens with zero attached hydrogens (tertiary/aromatic N) is 1. The fourth-order valence-corrected chi connectivity index (χ4v) is 3.02. The smallest absolute Gasteiger partial charge is 0.416 e. The lowest BCUT2D eigenvalue weighted by molar-refractivity contribution is -0.137. The molecule has 1 unspecified atom stereocenters. The van der Waals surface area contributed by atoms with E-state index in [1.54, 1.807) is 0 Å². The number of hydrogen-bond acceptors (Lipinski definition) is 3. The molecule has 134 valence electrons. The van der Waals surface area contributed by atoms with E-state index in [1.807, 2.05) is 12.1 Å². The Balaban J connectivity index is 1.51. The highest BCUT2D eigenvalue weighted by atomic mass is 19.4. The number of halogens is 3. The lowest BCUT2D eigenvalue weighted by Gasteiger charge is -2.30. The van der Waals surface area contributed by atoms with Crippen molar-refractivity contribution in [3.8, 4) is 5.75 Å². The minimum atomic E-state index is -4.40. The number of ether oxygens (including phenoxy) is 1. The Morgan fingerprint density at radius 3 is 2.60 bits per heavy atom. The van der Waals surface area contributed by atoms with Crippen molar-refractivity contribution in [1.29, 1.82) is 0 Å². The molecule has 3 nitrogen and oxygen atoms in total. The maximum atomic E-state index is 12.7. The molecule has 6 heteroatoms. The maximum Gasteiger partial charge on any atom is 0.416 e. The van der Waals surface area contributed by atoms with Crippen LogP contribution in [0.4, 0.5) is 13.2 Å². The Hall–Kier alpha value is -2.05. The molecule has 0 spiro atoms. The molecule has 0 aromatic heterocycles. The van der Waals surface area contributed by atoms with Gasteiger partial charge in [0.05, 0.1) is 5.56 Å². The SMILES string of the molecule is OC(COc1cccc(C(F)(F)F)c1)CN1CCc2ccccc2C1. The number of aliphatic hydroxyl groups excluding tert-OH is 1. The van der Waals surface area contributed by atoms with E-state index in [1.165, 1.54) is 23.3 Å². The first-order valence-corrected chi connectivity index (χ1v) is 8.19. The quantitative estimate of drug-likeness (QED) is 0.895. The topological polar surface area (TPSA) is 32.7 Å². The van der Waals surface area contributed by atoms with Crippen LogP contribution >= 0.6 is 0 Å². The van der Waals surface area contributed by atoms with E-state index < -0.39 is 17.8 Å². The molecule has 1 heterocycles. The Morgan fingerprint density at radius 2 is 1.84 bits per heavy atom. The van der Waals surface area contributed by atoms with Gasteiger partial charge in [-0.15, -0.1) is 0 Å². The minimum absolute atomic E-state index is 0.0422. The van der Waals surface area contributed by atoms with Crippen molar-refractivity contribution in [2.75, 3.05) is 19.7 Å². The number of β-amino-alcohol motifs (C(OH)–C–C–N with tert-alkyl or cyclic N) is 1.